The van der Waals surface area contributed by atoms with Crippen LogP contribution in [-0.4, -0.2) is 84.9 Å². The maximum atomic E-state index is 12.9. The number of benzene rings is 1. The number of fused-ring (bicyclic) bond motifs is 3. The minimum absolute atomic E-state index is 0.0291. The SMILES string of the molecule is CN1CCN(C(=O)C[C@@H]2C[C@@H]3c4cc(NC(=O)CC5CC5)ccc4O[C@@H]3[C@H](CO)O2)CC1. The van der Waals surface area contributed by atoms with E-state index in [9.17, 15) is 14.7 Å². The summed E-state index contributed by atoms with van der Waals surface area (Å²) in [5.74, 6) is 1.50. The molecule has 1 aromatic rings. The molecule has 0 aromatic heterocycles. The fraction of sp³-hybridized carbons (Fsp3) is 0.667. The summed E-state index contributed by atoms with van der Waals surface area (Å²) in [5.41, 5.74) is 1.80. The number of carbonyl (C=O) groups is 2. The molecule has 3 aliphatic heterocycles. The molecule has 2 saturated heterocycles. The van der Waals surface area contributed by atoms with E-state index >= 15 is 0 Å². The Kier molecular flexibility index (Phi) is 6.09. The first-order chi connectivity index (χ1) is 15.5. The molecule has 5 rings (SSSR count). The normalized spacial score (nSPS) is 29.8. The second-order valence-corrected chi connectivity index (χ2v) is 9.74. The third kappa shape index (κ3) is 4.63. The van der Waals surface area contributed by atoms with E-state index in [1.807, 2.05) is 23.1 Å². The van der Waals surface area contributed by atoms with Crippen LogP contribution in [0.4, 0.5) is 5.69 Å². The molecule has 4 aliphatic rings. The van der Waals surface area contributed by atoms with Gasteiger partial charge >= 0.3 is 0 Å². The van der Waals surface area contributed by atoms with E-state index in [2.05, 4.69) is 17.3 Å². The standard InChI is InChI=1S/C24H33N3O5/c1-26-6-8-27(9-7-26)23(30)13-17-12-19-18-11-16(25-22(29)10-15-2-3-15)4-5-20(18)32-24(19)21(14-28)31-17/h4-5,11,15,17,19,21,24,28H,2-3,6-10,12-14H2,1H3,(H,25,29)/t17-,19+,21-,24-/m0/s1. The number of aliphatic hydroxyl groups is 1. The number of ether oxygens (including phenoxy) is 2. The average Bonchev–Trinajstić information content (AvgIpc) is 3.52. The van der Waals surface area contributed by atoms with Crippen molar-refractivity contribution in [2.75, 3.05) is 45.2 Å². The molecule has 0 bridgehead atoms. The zero-order valence-electron chi connectivity index (χ0n) is 18.7. The number of rotatable bonds is 6. The topological polar surface area (TPSA) is 91.3 Å². The fourth-order valence-electron chi connectivity index (χ4n) is 5.14. The van der Waals surface area contributed by atoms with Crippen molar-refractivity contribution < 1.29 is 24.2 Å². The number of likely N-dealkylation sites (N-methyl/N-ethyl adjacent to an activating group) is 1. The van der Waals surface area contributed by atoms with Gasteiger partial charge in [0.1, 0.15) is 18.0 Å². The van der Waals surface area contributed by atoms with Crippen LogP contribution in [0.3, 0.4) is 0 Å². The third-order valence-corrected chi connectivity index (χ3v) is 7.21. The predicted octanol–water partition coefficient (Wildman–Crippen LogP) is 1.58. The number of anilines is 1. The molecule has 0 unspecified atom stereocenters. The van der Waals surface area contributed by atoms with Gasteiger partial charge in [-0.05, 0) is 50.4 Å². The lowest BCUT2D eigenvalue weighted by Crippen LogP contribution is -2.50. The van der Waals surface area contributed by atoms with E-state index in [-0.39, 0.29) is 36.5 Å². The number of nitrogens with one attached hydrogen (secondary N) is 1. The molecule has 0 radical (unpaired) electrons. The van der Waals surface area contributed by atoms with E-state index in [0.29, 0.717) is 25.2 Å². The lowest BCUT2D eigenvalue weighted by Gasteiger charge is -2.38. The zero-order chi connectivity index (χ0) is 22.2. The van der Waals surface area contributed by atoms with Gasteiger partial charge in [0, 0.05) is 49.8 Å². The van der Waals surface area contributed by atoms with Crippen molar-refractivity contribution in [3.63, 3.8) is 0 Å². The van der Waals surface area contributed by atoms with Gasteiger partial charge < -0.3 is 29.7 Å². The van der Waals surface area contributed by atoms with E-state index in [4.69, 9.17) is 9.47 Å². The number of hydrogen-bond donors (Lipinski definition) is 2. The smallest absolute Gasteiger partial charge is 0.225 e. The molecular formula is C24H33N3O5. The Hall–Kier alpha value is -2.16. The van der Waals surface area contributed by atoms with E-state index in [1.165, 1.54) is 0 Å². The van der Waals surface area contributed by atoms with Gasteiger partial charge in [-0.15, -0.1) is 0 Å². The molecule has 0 spiro atoms. The molecule has 1 aliphatic carbocycles. The Morgan fingerprint density at radius 2 is 1.94 bits per heavy atom. The Bertz CT molecular complexity index is 865. The number of nitrogens with zero attached hydrogens (tertiary/aromatic N) is 2. The Balaban J connectivity index is 1.27. The second-order valence-electron chi connectivity index (χ2n) is 9.74. The van der Waals surface area contributed by atoms with Crippen molar-refractivity contribution in [3.05, 3.63) is 23.8 Å². The molecule has 174 valence electrons. The molecule has 8 nitrogen and oxygen atoms in total. The van der Waals surface area contributed by atoms with Gasteiger partial charge in [-0.25, -0.2) is 0 Å². The van der Waals surface area contributed by atoms with Crippen molar-refractivity contribution in [1.29, 1.82) is 0 Å². The highest BCUT2D eigenvalue weighted by Crippen LogP contribution is 2.47. The van der Waals surface area contributed by atoms with Crippen LogP contribution < -0.4 is 10.1 Å². The highest BCUT2D eigenvalue weighted by atomic mass is 16.6. The lowest BCUT2D eigenvalue weighted by molar-refractivity contribution is -0.150. The zero-order valence-corrected chi connectivity index (χ0v) is 18.7. The predicted molar refractivity (Wildman–Crippen MR) is 119 cm³/mol. The monoisotopic (exact) mass is 443 g/mol. The Labute approximate surface area is 188 Å². The third-order valence-electron chi connectivity index (χ3n) is 7.21. The van der Waals surface area contributed by atoms with Gasteiger partial charge in [0.25, 0.3) is 0 Å². The summed E-state index contributed by atoms with van der Waals surface area (Å²) in [6.07, 6.45) is 2.84. The van der Waals surface area contributed by atoms with Crippen molar-refractivity contribution in [2.24, 2.45) is 5.92 Å². The van der Waals surface area contributed by atoms with Crippen LogP contribution >= 0.6 is 0 Å². The van der Waals surface area contributed by atoms with Gasteiger partial charge in [0.15, 0.2) is 0 Å². The molecule has 3 fully saturated rings. The van der Waals surface area contributed by atoms with E-state index < -0.39 is 6.10 Å². The Morgan fingerprint density at radius 3 is 2.66 bits per heavy atom. The van der Waals surface area contributed by atoms with Crippen LogP contribution in [0.15, 0.2) is 18.2 Å². The quantitative estimate of drug-likeness (QED) is 0.694. The first-order valence-corrected chi connectivity index (χ1v) is 11.8. The maximum absolute atomic E-state index is 12.9. The van der Waals surface area contributed by atoms with Crippen LogP contribution in [-0.2, 0) is 14.3 Å². The number of piperazine rings is 1. The molecule has 4 atom stereocenters. The molecule has 1 aromatic carbocycles. The van der Waals surface area contributed by atoms with E-state index in [1.54, 1.807) is 0 Å². The molecule has 2 amide bonds. The summed E-state index contributed by atoms with van der Waals surface area (Å²) in [7, 11) is 2.07. The van der Waals surface area contributed by atoms with Gasteiger partial charge in [-0.1, -0.05) is 0 Å². The largest absolute Gasteiger partial charge is 0.487 e. The van der Waals surface area contributed by atoms with Crippen molar-refractivity contribution in [3.8, 4) is 5.75 Å². The Morgan fingerprint density at radius 1 is 1.16 bits per heavy atom. The number of amides is 2. The van der Waals surface area contributed by atoms with Crippen LogP contribution in [0, 0.1) is 5.92 Å². The minimum Gasteiger partial charge on any atom is -0.487 e. The maximum Gasteiger partial charge on any atom is 0.225 e. The first-order valence-electron chi connectivity index (χ1n) is 11.8. The summed E-state index contributed by atoms with van der Waals surface area (Å²) in [6.45, 7) is 3.11. The van der Waals surface area contributed by atoms with Crippen molar-refractivity contribution in [1.82, 2.24) is 9.80 Å². The van der Waals surface area contributed by atoms with Crippen LogP contribution in [0.2, 0.25) is 0 Å². The minimum atomic E-state index is -0.473. The molecule has 3 heterocycles. The molecule has 8 heteroatoms. The first kappa shape index (κ1) is 21.7. The number of carbonyl (C=O) groups excluding carboxylic acids is 2. The van der Waals surface area contributed by atoms with Crippen molar-refractivity contribution in [2.45, 2.75) is 56.3 Å². The van der Waals surface area contributed by atoms with E-state index in [0.717, 1.165) is 56.0 Å². The molecule has 2 N–H and O–H groups in total. The lowest BCUT2D eigenvalue weighted by atomic mass is 9.84. The van der Waals surface area contributed by atoms with Gasteiger partial charge in [0.05, 0.1) is 19.1 Å². The molecule has 1 saturated carbocycles. The summed E-state index contributed by atoms with van der Waals surface area (Å²) in [4.78, 5) is 29.2. The van der Waals surface area contributed by atoms with Gasteiger partial charge in [-0.3, -0.25) is 9.59 Å². The van der Waals surface area contributed by atoms with Gasteiger partial charge in [0.2, 0.25) is 11.8 Å². The second kappa shape index (κ2) is 9.00. The highest BCUT2D eigenvalue weighted by Gasteiger charge is 2.46. The fourth-order valence-corrected chi connectivity index (χ4v) is 5.14. The number of aliphatic hydroxyl groups excluding tert-OH is 1. The summed E-state index contributed by atoms with van der Waals surface area (Å²) in [5, 5.41) is 13.0. The summed E-state index contributed by atoms with van der Waals surface area (Å²) >= 11 is 0. The van der Waals surface area contributed by atoms with Crippen LogP contribution in [0.5, 0.6) is 5.75 Å². The van der Waals surface area contributed by atoms with Crippen LogP contribution in [0.25, 0.3) is 0 Å². The average molecular weight is 444 g/mol. The summed E-state index contributed by atoms with van der Waals surface area (Å²) in [6, 6.07) is 5.74. The molecular weight excluding hydrogens is 410 g/mol. The highest BCUT2D eigenvalue weighted by molar-refractivity contribution is 5.91. The summed E-state index contributed by atoms with van der Waals surface area (Å²) < 4.78 is 12.2. The van der Waals surface area contributed by atoms with Crippen LogP contribution in [0.1, 0.15) is 43.6 Å². The number of hydrogen-bond acceptors (Lipinski definition) is 6. The van der Waals surface area contributed by atoms with Crippen molar-refractivity contribution >= 4 is 17.5 Å². The van der Waals surface area contributed by atoms with Gasteiger partial charge in [-0.2, -0.15) is 0 Å². The molecule has 32 heavy (non-hydrogen) atoms.